The molecular weight excluding hydrogens is 430 g/mol. The summed E-state index contributed by atoms with van der Waals surface area (Å²) in [5, 5.41) is 0. The van der Waals surface area contributed by atoms with Crippen LogP contribution < -0.4 is 4.72 Å². The topological polar surface area (TPSA) is 80.3 Å². The van der Waals surface area contributed by atoms with Gasteiger partial charge < -0.3 is 0 Å². The maximum atomic E-state index is 13.5. The Morgan fingerprint density at radius 1 is 0.806 bits per heavy atom. The molecule has 1 N–H and O–H groups in total. The van der Waals surface area contributed by atoms with Crippen LogP contribution in [0.2, 0.25) is 0 Å². The van der Waals surface area contributed by atoms with Crippen LogP contribution in [0.15, 0.2) is 118 Å². The number of sulfonamides is 1. The van der Waals surface area contributed by atoms with Gasteiger partial charge >= 0.3 is 0 Å². The van der Waals surface area contributed by atoms with Gasteiger partial charge in [-0.2, -0.15) is 4.72 Å². The zero-order chi connectivity index (χ0) is 22.5. The summed E-state index contributed by atoms with van der Waals surface area (Å²) in [5.41, 5.74) is 1.41. The molecule has 0 aliphatic heterocycles. The third-order valence-corrected chi connectivity index (χ3v) is 7.99. The predicted molar refractivity (Wildman–Crippen MR) is 123 cm³/mol. The first-order valence-electron chi connectivity index (χ1n) is 9.52. The Morgan fingerprint density at radius 3 is 1.90 bits per heavy atom. The van der Waals surface area contributed by atoms with Crippen molar-refractivity contribution in [1.82, 2.24) is 4.72 Å². The lowest BCUT2D eigenvalue weighted by molar-refractivity contribution is 0.569. The monoisotopic (exact) mass is 453 g/mol. The molecule has 7 heteroatoms. The fourth-order valence-electron chi connectivity index (χ4n) is 3.07. The van der Waals surface area contributed by atoms with E-state index in [4.69, 9.17) is 0 Å². The standard InChI is InChI=1S/C24H23NO4S2/c1-3-10-23(30(26,27)21-17-15-19(2)16-18-21)24(20-11-6-4-7-12-20)25-31(28,29)22-13-8-5-9-14-22/h3-18,24-25H,1H2,2H3/b23-10+. The third-order valence-electron chi connectivity index (χ3n) is 4.67. The number of hydrogen-bond donors (Lipinski definition) is 1. The van der Waals surface area contributed by atoms with Crippen LogP contribution >= 0.6 is 0 Å². The van der Waals surface area contributed by atoms with Crippen molar-refractivity contribution >= 4 is 19.9 Å². The van der Waals surface area contributed by atoms with Crippen LogP contribution in [0, 0.1) is 6.92 Å². The SMILES string of the molecule is C=C/C=C(\C(NS(=O)(=O)c1ccccc1)c1ccccc1)S(=O)(=O)c1ccc(C)cc1. The summed E-state index contributed by atoms with van der Waals surface area (Å²) in [6, 6.07) is 21.7. The zero-order valence-corrected chi connectivity index (χ0v) is 18.6. The second-order valence-corrected chi connectivity index (χ2v) is 10.6. The first-order chi connectivity index (χ1) is 14.8. The highest BCUT2D eigenvalue weighted by Gasteiger charge is 2.32. The van der Waals surface area contributed by atoms with Crippen LogP contribution in [0.3, 0.4) is 0 Å². The third kappa shape index (κ3) is 5.19. The highest BCUT2D eigenvalue weighted by atomic mass is 32.2. The fraction of sp³-hybridized carbons (Fsp3) is 0.0833. The van der Waals surface area contributed by atoms with Gasteiger partial charge in [0.15, 0.2) is 0 Å². The van der Waals surface area contributed by atoms with E-state index >= 15 is 0 Å². The Morgan fingerprint density at radius 2 is 1.35 bits per heavy atom. The van der Waals surface area contributed by atoms with Gasteiger partial charge in [0.1, 0.15) is 0 Å². The molecule has 0 heterocycles. The molecule has 3 aromatic rings. The fourth-order valence-corrected chi connectivity index (χ4v) is 5.92. The van der Waals surface area contributed by atoms with E-state index in [-0.39, 0.29) is 14.7 Å². The summed E-state index contributed by atoms with van der Waals surface area (Å²) in [6.45, 7) is 5.49. The second kappa shape index (κ2) is 9.43. The van der Waals surface area contributed by atoms with E-state index in [0.29, 0.717) is 5.56 Å². The van der Waals surface area contributed by atoms with Gasteiger partial charge in [-0.25, -0.2) is 16.8 Å². The molecule has 0 aliphatic rings. The molecule has 0 bridgehead atoms. The average molecular weight is 454 g/mol. The maximum Gasteiger partial charge on any atom is 0.241 e. The van der Waals surface area contributed by atoms with E-state index < -0.39 is 25.9 Å². The zero-order valence-electron chi connectivity index (χ0n) is 17.0. The molecule has 3 rings (SSSR count). The Balaban J connectivity index is 2.16. The molecule has 1 unspecified atom stereocenters. The molecule has 1 atom stereocenters. The predicted octanol–water partition coefficient (Wildman–Crippen LogP) is 4.56. The molecule has 0 radical (unpaired) electrons. The number of nitrogens with one attached hydrogen (secondary N) is 1. The van der Waals surface area contributed by atoms with Crippen LogP contribution in [0.5, 0.6) is 0 Å². The summed E-state index contributed by atoms with van der Waals surface area (Å²) in [4.78, 5) is 0.00437. The van der Waals surface area contributed by atoms with Gasteiger partial charge in [-0.3, -0.25) is 0 Å². The smallest absolute Gasteiger partial charge is 0.219 e. The number of hydrogen-bond acceptors (Lipinski definition) is 4. The van der Waals surface area contributed by atoms with Crippen LogP contribution in [0.1, 0.15) is 17.2 Å². The maximum absolute atomic E-state index is 13.5. The minimum atomic E-state index is -4.02. The van der Waals surface area contributed by atoms with E-state index in [1.165, 1.54) is 36.4 Å². The molecule has 0 aromatic heterocycles. The lowest BCUT2D eigenvalue weighted by atomic mass is 10.1. The number of allylic oxidation sites excluding steroid dienone is 2. The Labute approximate surface area is 183 Å². The van der Waals surface area contributed by atoms with Gasteiger partial charge in [-0.05, 0) is 42.8 Å². The first-order valence-corrected chi connectivity index (χ1v) is 12.5. The van der Waals surface area contributed by atoms with E-state index in [2.05, 4.69) is 11.3 Å². The number of sulfone groups is 1. The number of benzene rings is 3. The summed E-state index contributed by atoms with van der Waals surface area (Å²) >= 11 is 0. The molecule has 0 amide bonds. The molecule has 0 saturated carbocycles. The summed E-state index contributed by atoms with van der Waals surface area (Å²) in [6.07, 6.45) is 2.67. The molecule has 5 nitrogen and oxygen atoms in total. The van der Waals surface area contributed by atoms with Crippen LogP contribution in [0.25, 0.3) is 0 Å². The van der Waals surface area contributed by atoms with Crippen molar-refractivity contribution in [2.75, 3.05) is 0 Å². The average Bonchev–Trinajstić information content (AvgIpc) is 2.77. The van der Waals surface area contributed by atoms with E-state index in [9.17, 15) is 16.8 Å². The van der Waals surface area contributed by atoms with Crippen LogP contribution in [-0.2, 0) is 19.9 Å². The highest BCUT2D eigenvalue weighted by molar-refractivity contribution is 7.95. The highest BCUT2D eigenvalue weighted by Crippen LogP contribution is 2.32. The van der Waals surface area contributed by atoms with Gasteiger partial charge in [-0.1, -0.05) is 78.9 Å². The molecule has 160 valence electrons. The quantitative estimate of drug-likeness (QED) is 0.507. The molecule has 31 heavy (non-hydrogen) atoms. The second-order valence-electron chi connectivity index (χ2n) is 6.90. The van der Waals surface area contributed by atoms with Crippen molar-refractivity contribution in [2.24, 2.45) is 0 Å². The van der Waals surface area contributed by atoms with Crippen molar-refractivity contribution in [1.29, 1.82) is 0 Å². The minimum Gasteiger partial charge on any atom is -0.219 e. The summed E-state index contributed by atoms with van der Waals surface area (Å²) < 4.78 is 55.8. The van der Waals surface area contributed by atoms with E-state index in [1.807, 2.05) is 6.92 Å². The van der Waals surface area contributed by atoms with Gasteiger partial charge in [0.2, 0.25) is 19.9 Å². The van der Waals surface area contributed by atoms with Gasteiger partial charge in [0.25, 0.3) is 0 Å². The van der Waals surface area contributed by atoms with Crippen molar-refractivity contribution < 1.29 is 16.8 Å². The molecular formula is C24H23NO4S2. The lowest BCUT2D eigenvalue weighted by Gasteiger charge is -2.22. The number of rotatable bonds is 8. The van der Waals surface area contributed by atoms with Crippen molar-refractivity contribution in [3.05, 3.63) is 120 Å². The minimum absolute atomic E-state index is 0.0432. The lowest BCUT2D eigenvalue weighted by Crippen LogP contribution is -2.32. The molecule has 3 aromatic carbocycles. The van der Waals surface area contributed by atoms with Crippen molar-refractivity contribution in [3.8, 4) is 0 Å². The van der Waals surface area contributed by atoms with Gasteiger partial charge in [0.05, 0.1) is 20.7 Å². The Bertz CT molecular complexity index is 1280. The van der Waals surface area contributed by atoms with Gasteiger partial charge in [-0.15, -0.1) is 0 Å². The first kappa shape index (κ1) is 22.7. The Hall–Kier alpha value is -3.00. The molecule has 0 aliphatic carbocycles. The van der Waals surface area contributed by atoms with Crippen molar-refractivity contribution in [2.45, 2.75) is 22.8 Å². The largest absolute Gasteiger partial charge is 0.241 e. The number of aryl methyl sites for hydroxylation is 1. The summed E-state index contributed by atoms with van der Waals surface area (Å²) in [5.74, 6) is 0. The van der Waals surface area contributed by atoms with Gasteiger partial charge in [0, 0.05) is 0 Å². The molecule has 0 fully saturated rings. The van der Waals surface area contributed by atoms with E-state index in [0.717, 1.165) is 5.56 Å². The van der Waals surface area contributed by atoms with Crippen molar-refractivity contribution in [3.63, 3.8) is 0 Å². The van der Waals surface area contributed by atoms with E-state index in [1.54, 1.807) is 60.7 Å². The normalized spacial score (nSPS) is 13.5. The summed E-state index contributed by atoms with van der Waals surface area (Å²) in [7, 11) is -8.03. The molecule has 0 saturated heterocycles. The molecule has 0 spiro atoms. The Kier molecular flexibility index (Phi) is 6.90. The van der Waals surface area contributed by atoms with Crippen LogP contribution in [-0.4, -0.2) is 16.8 Å². The van der Waals surface area contributed by atoms with Crippen LogP contribution in [0.4, 0.5) is 0 Å².